The van der Waals surface area contributed by atoms with Crippen LogP contribution in [0.3, 0.4) is 0 Å². The Hall–Kier alpha value is -4.48. The molecule has 0 radical (unpaired) electrons. The van der Waals surface area contributed by atoms with Crippen molar-refractivity contribution >= 4 is 17.3 Å². The van der Waals surface area contributed by atoms with Crippen molar-refractivity contribution in [3.63, 3.8) is 0 Å². The molecule has 7 nitrogen and oxygen atoms in total. The minimum absolute atomic E-state index is 0.0931. The van der Waals surface area contributed by atoms with E-state index in [0.29, 0.717) is 33.9 Å². The zero-order valence-corrected chi connectivity index (χ0v) is 26.2. The van der Waals surface area contributed by atoms with E-state index in [1.54, 1.807) is 39.0 Å². The minimum atomic E-state index is -4.57. The zero-order valence-electron chi connectivity index (χ0n) is 25.4. The van der Waals surface area contributed by atoms with Crippen molar-refractivity contribution in [3.8, 4) is 21.1 Å². The molecule has 45 heavy (non-hydrogen) atoms. The first-order valence-corrected chi connectivity index (χ1v) is 15.2. The van der Waals surface area contributed by atoms with Crippen LogP contribution in [0, 0.1) is 20.8 Å². The molecule has 0 saturated carbocycles. The molecule has 4 aromatic heterocycles. The third-order valence-electron chi connectivity index (χ3n) is 6.86. The van der Waals surface area contributed by atoms with Crippen LogP contribution in [0.2, 0.25) is 0 Å². The lowest BCUT2D eigenvalue weighted by atomic mass is 10.1. The molecule has 0 aliphatic heterocycles. The molecule has 0 N–H and O–H groups in total. The van der Waals surface area contributed by atoms with Gasteiger partial charge in [0.25, 0.3) is 0 Å². The van der Waals surface area contributed by atoms with Crippen LogP contribution in [-0.2, 0) is 30.5 Å². The first kappa shape index (κ1) is 31.9. The highest BCUT2D eigenvalue weighted by atomic mass is 32.1. The lowest BCUT2D eigenvalue weighted by Crippen LogP contribution is -2.25. The molecule has 0 amide bonds. The third kappa shape index (κ3) is 8.37. The van der Waals surface area contributed by atoms with Gasteiger partial charge in [0.05, 0.1) is 39.8 Å². The maximum atomic E-state index is 13.6. The number of carbonyl (C=O) groups is 1. The first-order valence-electron chi connectivity index (χ1n) is 14.4. The Balaban J connectivity index is 1.45. The van der Waals surface area contributed by atoms with Gasteiger partial charge in [-0.2, -0.15) is 13.2 Å². The molecule has 0 unspecified atom stereocenters. The average molecular weight is 632 g/mol. The molecule has 0 aliphatic rings. The van der Waals surface area contributed by atoms with Gasteiger partial charge >= 0.3 is 12.1 Å². The Morgan fingerprint density at radius 1 is 0.844 bits per heavy atom. The summed E-state index contributed by atoms with van der Waals surface area (Å²) in [5, 5.41) is 0.758. The summed E-state index contributed by atoms with van der Waals surface area (Å²) in [6.07, 6.45) is -2.74. The number of rotatable bonds is 10. The second-order valence-electron chi connectivity index (χ2n) is 10.8. The molecule has 11 heteroatoms. The molecule has 0 saturated heterocycles. The highest BCUT2D eigenvalue weighted by Gasteiger charge is 2.33. The fourth-order valence-corrected chi connectivity index (χ4v) is 5.79. The number of carbonyl (C=O) groups excluding carboxylic acids is 1. The number of esters is 1. The minimum Gasteiger partial charge on any atom is -0.462 e. The summed E-state index contributed by atoms with van der Waals surface area (Å²) in [4.78, 5) is 33.4. The maximum Gasteiger partial charge on any atom is 0.433 e. The quantitative estimate of drug-likeness (QED) is 0.145. The Morgan fingerprint density at radius 2 is 1.56 bits per heavy atom. The molecule has 5 rings (SSSR count). The van der Waals surface area contributed by atoms with Gasteiger partial charge in [0.2, 0.25) is 0 Å². The zero-order chi connectivity index (χ0) is 32.1. The number of pyridine rings is 3. The van der Waals surface area contributed by atoms with E-state index >= 15 is 0 Å². The summed E-state index contributed by atoms with van der Waals surface area (Å²) in [6.45, 7) is 8.00. The summed E-state index contributed by atoms with van der Waals surface area (Å²) >= 11 is 1.54. The first-order chi connectivity index (χ1) is 21.5. The fourth-order valence-electron chi connectivity index (χ4n) is 4.90. The van der Waals surface area contributed by atoms with E-state index in [1.807, 2.05) is 36.2 Å². The smallest absolute Gasteiger partial charge is 0.433 e. The molecule has 0 aliphatic carbocycles. The van der Waals surface area contributed by atoms with Crippen LogP contribution in [0.15, 0.2) is 72.9 Å². The normalized spacial score (nSPS) is 11.6. The van der Waals surface area contributed by atoms with Gasteiger partial charge in [-0.15, -0.1) is 11.3 Å². The molecular weight excluding hydrogens is 599 g/mol. The van der Waals surface area contributed by atoms with E-state index in [-0.39, 0.29) is 31.9 Å². The van der Waals surface area contributed by atoms with Gasteiger partial charge in [0.15, 0.2) is 0 Å². The van der Waals surface area contributed by atoms with Crippen LogP contribution in [0.25, 0.3) is 21.1 Å². The van der Waals surface area contributed by atoms with E-state index in [4.69, 9.17) is 9.72 Å². The largest absolute Gasteiger partial charge is 0.462 e. The van der Waals surface area contributed by atoms with Crippen LogP contribution in [0.5, 0.6) is 0 Å². The Labute approximate surface area is 263 Å². The molecular formula is C34H32F3N5O2S. The van der Waals surface area contributed by atoms with Crippen molar-refractivity contribution in [1.82, 2.24) is 24.8 Å². The number of alkyl halides is 3. The molecule has 0 spiro atoms. The number of ether oxygens (including phenoxy) is 1. The second kappa shape index (κ2) is 13.7. The number of hydrogen-bond donors (Lipinski definition) is 0. The van der Waals surface area contributed by atoms with Crippen LogP contribution in [0.4, 0.5) is 13.2 Å². The van der Waals surface area contributed by atoms with E-state index in [1.165, 1.54) is 16.9 Å². The van der Waals surface area contributed by atoms with Crippen LogP contribution < -0.4 is 0 Å². The van der Waals surface area contributed by atoms with Crippen molar-refractivity contribution in [2.75, 3.05) is 6.61 Å². The van der Waals surface area contributed by atoms with Gasteiger partial charge in [-0.25, -0.2) is 19.7 Å². The van der Waals surface area contributed by atoms with Crippen molar-refractivity contribution in [1.29, 1.82) is 0 Å². The Kier molecular flexibility index (Phi) is 9.69. The number of aromatic nitrogens is 4. The summed E-state index contributed by atoms with van der Waals surface area (Å²) in [5.74, 6) is -0.464. The lowest BCUT2D eigenvalue weighted by molar-refractivity contribution is -0.141. The average Bonchev–Trinajstić information content (AvgIpc) is 3.47. The third-order valence-corrected chi connectivity index (χ3v) is 7.92. The number of hydrogen-bond acceptors (Lipinski definition) is 8. The van der Waals surface area contributed by atoms with Gasteiger partial charge in [-0.3, -0.25) is 9.88 Å². The predicted octanol–water partition coefficient (Wildman–Crippen LogP) is 7.99. The summed E-state index contributed by atoms with van der Waals surface area (Å²) < 4.78 is 46.0. The molecule has 1 aromatic carbocycles. The van der Waals surface area contributed by atoms with Crippen molar-refractivity contribution in [2.24, 2.45) is 0 Å². The molecule has 5 aromatic rings. The van der Waals surface area contributed by atoms with Crippen molar-refractivity contribution in [2.45, 2.75) is 53.5 Å². The van der Waals surface area contributed by atoms with Crippen LogP contribution >= 0.6 is 11.3 Å². The standard InChI is InChI=1S/C34H32F3N5O2S/c1-5-44-33(43)25-15-23(4)39-28(16-25)20-42(19-27-13-22(3)14-31(41-27)34(35,36)37)18-26-7-6-8-29(40-26)32-38-17-30(45-32)24-11-9-21(2)10-12-24/h6-17H,5,18-20H2,1-4H3. The number of nitrogens with zero attached hydrogens (tertiary/aromatic N) is 5. The highest BCUT2D eigenvalue weighted by molar-refractivity contribution is 7.18. The predicted molar refractivity (Wildman–Crippen MR) is 167 cm³/mol. The van der Waals surface area contributed by atoms with E-state index < -0.39 is 17.8 Å². The molecule has 0 bridgehead atoms. The number of thiazole rings is 1. The van der Waals surface area contributed by atoms with E-state index in [2.05, 4.69) is 39.2 Å². The topological polar surface area (TPSA) is 81.1 Å². The summed E-state index contributed by atoms with van der Waals surface area (Å²) in [6, 6.07) is 19.8. The van der Waals surface area contributed by atoms with Crippen LogP contribution in [-0.4, -0.2) is 37.4 Å². The maximum absolute atomic E-state index is 13.6. The SMILES string of the molecule is CCOC(=O)c1cc(C)nc(CN(Cc2cccc(-c3ncc(-c4ccc(C)cc4)s3)n2)Cc2cc(C)cc(C(F)(F)F)n2)c1. The Bertz CT molecular complexity index is 1800. The summed E-state index contributed by atoms with van der Waals surface area (Å²) in [7, 11) is 0. The number of benzene rings is 1. The molecule has 4 heterocycles. The van der Waals surface area contributed by atoms with Gasteiger partial charge < -0.3 is 4.74 Å². The Morgan fingerprint density at radius 3 is 2.27 bits per heavy atom. The van der Waals surface area contributed by atoms with Crippen molar-refractivity contribution in [3.05, 3.63) is 118 Å². The molecule has 232 valence electrons. The lowest BCUT2D eigenvalue weighted by Gasteiger charge is -2.23. The second-order valence-corrected chi connectivity index (χ2v) is 11.8. The fraction of sp³-hybridized carbons (Fsp3) is 0.265. The van der Waals surface area contributed by atoms with Crippen molar-refractivity contribution < 1.29 is 22.7 Å². The molecule has 0 fully saturated rings. The number of halogens is 3. The monoisotopic (exact) mass is 631 g/mol. The molecule has 0 atom stereocenters. The highest BCUT2D eigenvalue weighted by Crippen LogP contribution is 2.32. The van der Waals surface area contributed by atoms with Crippen LogP contribution in [0.1, 0.15) is 56.9 Å². The van der Waals surface area contributed by atoms with E-state index in [0.717, 1.165) is 21.5 Å². The van der Waals surface area contributed by atoms with Gasteiger partial charge in [-0.05, 0) is 75.2 Å². The van der Waals surface area contributed by atoms with Gasteiger partial charge in [-0.1, -0.05) is 35.9 Å². The summed E-state index contributed by atoms with van der Waals surface area (Å²) in [5.41, 5.74) is 4.98. The van der Waals surface area contributed by atoms with Gasteiger partial charge in [0, 0.05) is 31.5 Å². The van der Waals surface area contributed by atoms with Gasteiger partial charge in [0.1, 0.15) is 10.7 Å². The number of aryl methyl sites for hydroxylation is 3. The van der Waals surface area contributed by atoms with E-state index in [9.17, 15) is 18.0 Å².